The van der Waals surface area contributed by atoms with Gasteiger partial charge in [-0.2, -0.15) is 12.7 Å². The molecule has 0 saturated heterocycles. The van der Waals surface area contributed by atoms with E-state index < -0.39 is 10.2 Å². The molecule has 1 fully saturated rings. The predicted octanol–water partition coefficient (Wildman–Crippen LogP) is 1.05. The zero-order valence-electron chi connectivity index (χ0n) is 12.4. The Kier molecular flexibility index (Phi) is 4.31. The van der Waals surface area contributed by atoms with E-state index in [1.165, 1.54) is 15.4 Å². The highest BCUT2D eigenvalue weighted by Crippen LogP contribution is 2.30. The van der Waals surface area contributed by atoms with Crippen LogP contribution in [0.3, 0.4) is 0 Å². The molecule has 1 aliphatic heterocycles. The van der Waals surface area contributed by atoms with Gasteiger partial charge in [-0.05, 0) is 42.9 Å². The predicted molar refractivity (Wildman–Crippen MR) is 83.2 cm³/mol. The highest BCUT2D eigenvalue weighted by atomic mass is 32.2. The quantitative estimate of drug-likeness (QED) is 0.826. The maximum atomic E-state index is 12.2. The highest BCUT2D eigenvalue weighted by Gasteiger charge is 2.29. The van der Waals surface area contributed by atoms with E-state index >= 15 is 0 Å². The zero-order chi connectivity index (χ0) is 14.9. The molecule has 1 unspecified atom stereocenters. The summed E-state index contributed by atoms with van der Waals surface area (Å²) in [6, 6.07) is 8.30. The molecule has 21 heavy (non-hydrogen) atoms. The number of fused-ring (bicyclic) bond motifs is 1. The Labute approximate surface area is 126 Å². The molecule has 2 aliphatic rings. The van der Waals surface area contributed by atoms with Crippen LogP contribution in [0, 0.1) is 5.92 Å². The smallest absolute Gasteiger partial charge is 0.279 e. The van der Waals surface area contributed by atoms with Gasteiger partial charge in [-0.1, -0.05) is 24.3 Å². The first-order chi connectivity index (χ1) is 10.1. The van der Waals surface area contributed by atoms with Crippen LogP contribution in [0.2, 0.25) is 0 Å². The second-order valence-electron chi connectivity index (χ2n) is 6.03. The summed E-state index contributed by atoms with van der Waals surface area (Å²) in [5.41, 5.74) is 2.52. The van der Waals surface area contributed by atoms with Crippen molar-refractivity contribution in [1.29, 1.82) is 0 Å². The summed E-state index contributed by atoms with van der Waals surface area (Å²) in [5.74, 6) is 0.556. The molecule has 1 aromatic carbocycles. The molecule has 6 heteroatoms. The standard InChI is InChI=1S/C15H23N3O2S/c1-18(11-12-6-7-12)21(19,20)17-10-15-14-5-3-2-4-13(14)8-9-16-15/h2-5,12,15-17H,6-11H2,1H3. The second-order valence-corrected chi connectivity index (χ2v) is 7.90. The highest BCUT2D eigenvalue weighted by molar-refractivity contribution is 7.87. The number of hydrogen-bond donors (Lipinski definition) is 2. The molecule has 0 amide bonds. The van der Waals surface area contributed by atoms with Crippen LogP contribution in [0.4, 0.5) is 0 Å². The fraction of sp³-hybridized carbons (Fsp3) is 0.600. The fourth-order valence-electron chi connectivity index (χ4n) is 2.84. The molecule has 3 rings (SSSR count). The molecule has 2 N–H and O–H groups in total. The van der Waals surface area contributed by atoms with E-state index in [2.05, 4.69) is 22.2 Å². The van der Waals surface area contributed by atoms with Crippen LogP contribution in [0.1, 0.15) is 30.0 Å². The SMILES string of the molecule is CN(CC1CC1)S(=O)(=O)NCC1NCCc2ccccc21. The molecule has 1 atom stereocenters. The zero-order valence-corrected chi connectivity index (χ0v) is 13.2. The molecule has 0 spiro atoms. The fourth-order valence-corrected chi connectivity index (χ4v) is 3.84. The van der Waals surface area contributed by atoms with Crippen LogP contribution < -0.4 is 10.0 Å². The topological polar surface area (TPSA) is 61.4 Å². The number of benzene rings is 1. The van der Waals surface area contributed by atoms with Gasteiger partial charge in [0.25, 0.3) is 10.2 Å². The van der Waals surface area contributed by atoms with Crippen molar-refractivity contribution in [2.24, 2.45) is 5.92 Å². The summed E-state index contributed by atoms with van der Waals surface area (Å²) in [7, 11) is -1.72. The van der Waals surface area contributed by atoms with Crippen molar-refractivity contribution in [2.75, 3.05) is 26.7 Å². The Bertz CT molecular complexity index is 599. The first-order valence-corrected chi connectivity index (χ1v) is 9.02. The molecular weight excluding hydrogens is 286 g/mol. The Balaban J connectivity index is 1.62. The summed E-state index contributed by atoms with van der Waals surface area (Å²) >= 11 is 0. The first-order valence-electron chi connectivity index (χ1n) is 7.58. The normalized spacial score (nSPS) is 22.3. The van der Waals surface area contributed by atoms with Crippen molar-refractivity contribution in [1.82, 2.24) is 14.3 Å². The average molecular weight is 309 g/mol. The van der Waals surface area contributed by atoms with E-state index in [4.69, 9.17) is 0 Å². The van der Waals surface area contributed by atoms with Gasteiger partial charge in [0.1, 0.15) is 0 Å². The molecule has 5 nitrogen and oxygen atoms in total. The summed E-state index contributed by atoms with van der Waals surface area (Å²) in [6.07, 6.45) is 3.30. The van der Waals surface area contributed by atoms with Gasteiger partial charge in [0.05, 0.1) is 0 Å². The van der Waals surface area contributed by atoms with Gasteiger partial charge in [-0.15, -0.1) is 0 Å². The first kappa shape index (κ1) is 15.0. The second kappa shape index (κ2) is 6.04. The van der Waals surface area contributed by atoms with E-state index in [-0.39, 0.29) is 6.04 Å². The molecular formula is C15H23N3O2S. The molecule has 0 radical (unpaired) electrons. The third kappa shape index (κ3) is 3.63. The van der Waals surface area contributed by atoms with Crippen LogP contribution in [0.25, 0.3) is 0 Å². The van der Waals surface area contributed by atoms with Gasteiger partial charge >= 0.3 is 0 Å². The molecule has 0 bridgehead atoms. The number of nitrogens with zero attached hydrogens (tertiary/aromatic N) is 1. The average Bonchev–Trinajstić information content (AvgIpc) is 3.29. The van der Waals surface area contributed by atoms with E-state index in [0.717, 1.165) is 25.8 Å². The summed E-state index contributed by atoms with van der Waals surface area (Å²) in [5, 5.41) is 3.39. The molecule has 1 aliphatic carbocycles. The molecule has 1 saturated carbocycles. The molecule has 116 valence electrons. The summed E-state index contributed by atoms with van der Waals surface area (Å²) in [4.78, 5) is 0. The van der Waals surface area contributed by atoms with Crippen molar-refractivity contribution in [3.8, 4) is 0 Å². The van der Waals surface area contributed by atoms with E-state index in [0.29, 0.717) is 19.0 Å². The largest absolute Gasteiger partial charge is 0.308 e. The Hall–Kier alpha value is -0.950. The van der Waals surface area contributed by atoms with Crippen molar-refractivity contribution < 1.29 is 8.42 Å². The Morgan fingerprint density at radius 2 is 2.10 bits per heavy atom. The van der Waals surface area contributed by atoms with E-state index in [9.17, 15) is 8.42 Å². The van der Waals surface area contributed by atoms with Gasteiger partial charge in [-0.3, -0.25) is 0 Å². The van der Waals surface area contributed by atoms with Crippen LogP contribution >= 0.6 is 0 Å². The maximum Gasteiger partial charge on any atom is 0.279 e. The lowest BCUT2D eigenvalue weighted by Crippen LogP contribution is -2.44. The van der Waals surface area contributed by atoms with Gasteiger partial charge in [0.2, 0.25) is 0 Å². The number of hydrogen-bond acceptors (Lipinski definition) is 3. The third-order valence-electron chi connectivity index (χ3n) is 4.31. The van der Waals surface area contributed by atoms with Crippen molar-refractivity contribution in [3.05, 3.63) is 35.4 Å². The summed E-state index contributed by atoms with van der Waals surface area (Å²) in [6.45, 7) is 1.92. The third-order valence-corrected chi connectivity index (χ3v) is 5.81. The summed E-state index contributed by atoms with van der Waals surface area (Å²) < 4.78 is 28.7. The van der Waals surface area contributed by atoms with E-state index in [1.807, 2.05) is 12.1 Å². The van der Waals surface area contributed by atoms with Gasteiger partial charge in [0, 0.05) is 26.2 Å². The van der Waals surface area contributed by atoms with Gasteiger partial charge in [0.15, 0.2) is 0 Å². The van der Waals surface area contributed by atoms with Crippen molar-refractivity contribution >= 4 is 10.2 Å². The van der Waals surface area contributed by atoms with Gasteiger partial charge in [-0.25, -0.2) is 4.72 Å². The van der Waals surface area contributed by atoms with Crippen LogP contribution in [0.15, 0.2) is 24.3 Å². The minimum atomic E-state index is -3.37. The number of rotatable bonds is 6. The lowest BCUT2D eigenvalue weighted by Gasteiger charge is -2.28. The minimum Gasteiger partial charge on any atom is -0.308 e. The molecule has 0 aromatic heterocycles. The molecule has 1 heterocycles. The number of nitrogens with one attached hydrogen (secondary N) is 2. The molecule has 1 aromatic rings. The Morgan fingerprint density at radius 1 is 1.33 bits per heavy atom. The van der Waals surface area contributed by atoms with Crippen molar-refractivity contribution in [2.45, 2.75) is 25.3 Å². The van der Waals surface area contributed by atoms with Crippen molar-refractivity contribution in [3.63, 3.8) is 0 Å². The van der Waals surface area contributed by atoms with Crippen LogP contribution in [-0.2, 0) is 16.6 Å². The van der Waals surface area contributed by atoms with E-state index in [1.54, 1.807) is 7.05 Å². The van der Waals surface area contributed by atoms with Crippen LogP contribution in [-0.4, -0.2) is 39.4 Å². The van der Waals surface area contributed by atoms with Gasteiger partial charge < -0.3 is 5.32 Å². The van der Waals surface area contributed by atoms with Crippen LogP contribution in [0.5, 0.6) is 0 Å². The Morgan fingerprint density at radius 3 is 2.86 bits per heavy atom. The lowest BCUT2D eigenvalue weighted by molar-refractivity contribution is 0.431. The lowest BCUT2D eigenvalue weighted by atomic mass is 9.95. The maximum absolute atomic E-state index is 12.2. The minimum absolute atomic E-state index is 0.0547. The monoisotopic (exact) mass is 309 g/mol.